The number of carbonyl (C=O) groups is 5. The van der Waals surface area contributed by atoms with Crippen LogP contribution in [0.1, 0.15) is 25.1 Å². The summed E-state index contributed by atoms with van der Waals surface area (Å²) in [6.07, 6.45) is 0. The molecule has 4 amide bonds. The fourth-order valence-corrected chi connectivity index (χ4v) is 3.78. The number of amides is 4. The molecule has 1 aromatic carbocycles. The summed E-state index contributed by atoms with van der Waals surface area (Å²) < 4.78 is 5.22. The average molecular weight is 596 g/mol. The number of ether oxygens (including phenoxy) is 1. The highest BCUT2D eigenvalue weighted by Gasteiger charge is 2.45. The summed E-state index contributed by atoms with van der Waals surface area (Å²) in [7, 11) is 0. The van der Waals surface area contributed by atoms with E-state index in [1.807, 2.05) is 0 Å². The molecule has 40 heavy (non-hydrogen) atoms. The van der Waals surface area contributed by atoms with Crippen molar-refractivity contribution >= 4 is 69.1 Å². The maximum Gasteiger partial charge on any atom is 0.353 e. The predicted molar refractivity (Wildman–Crippen MR) is 139 cm³/mol. The van der Waals surface area contributed by atoms with E-state index >= 15 is 0 Å². The lowest BCUT2D eigenvalue weighted by Crippen LogP contribution is -2.73. The van der Waals surface area contributed by atoms with Crippen molar-refractivity contribution in [1.29, 1.82) is 0 Å². The number of anilines is 1. The van der Waals surface area contributed by atoms with Gasteiger partial charge in [0.2, 0.25) is 23.3 Å². The molecule has 0 aliphatic carbocycles. The minimum atomic E-state index is -1.75. The molecule has 0 radical (unpaired) electrons. The van der Waals surface area contributed by atoms with Crippen molar-refractivity contribution in [2.45, 2.75) is 38.1 Å². The number of aromatic nitrogens is 1. The molecule has 1 aliphatic rings. The van der Waals surface area contributed by atoms with Gasteiger partial charge in [-0.15, -0.1) is 22.9 Å². The molecule has 2 aromatic rings. The van der Waals surface area contributed by atoms with E-state index in [4.69, 9.17) is 26.9 Å². The summed E-state index contributed by atoms with van der Waals surface area (Å²) >= 11 is 6.41. The van der Waals surface area contributed by atoms with Gasteiger partial charge in [0.05, 0.1) is 4.92 Å². The molecule has 0 spiro atoms. The molecule has 1 aromatic heterocycles. The largest absolute Gasteiger partial charge is 0.458 e. The van der Waals surface area contributed by atoms with Gasteiger partial charge in [0, 0.05) is 17.5 Å². The maximum atomic E-state index is 13.1. The topological polar surface area (TPSA) is 234 Å². The van der Waals surface area contributed by atoms with Gasteiger partial charge < -0.3 is 31.3 Å². The Balaban J connectivity index is 1.77. The number of hydrogen-bond acceptors (Lipinski definition) is 12. The molecule has 0 unspecified atom stereocenters. The van der Waals surface area contributed by atoms with Crippen molar-refractivity contribution in [2.75, 3.05) is 11.2 Å². The number of alkyl halides is 1. The van der Waals surface area contributed by atoms with Gasteiger partial charge in [-0.05, 0) is 31.5 Å². The van der Waals surface area contributed by atoms with Crippen LogP contribution in [0.15, 0.2) is 34.8 Å². The lowest BCUT2D eigenvalue weighted by molar-refractivity contribution is -0.384. The van der Waals surface area contributed by atoms with Gasteiger partial charge in [-0.25, -0.2) is 9.78 Å². The van der Waals surface area contributed by atoms with Crippen LogP contribution in [0.4, 0.5) is 10.8 Å². The second-order valence-corrected chi connectivity index (χ2v) is 9.73. The van der Waals surface area contributed by atoms with Crippen LogP contribution in [0.2, 0.25) is 0 Å². The highest BCUT2D eigenvalue weighted by Crippen LogP contribution is 2.20. The number of non-ortho nitro benzene ring substituents is 1. The number of esters is 1. The zero-order valence-electron chi connectivity index (χ0n) is 20.8. The molecule has 18 heteroatoms. The molecule has 2 heterocycles. The Hall–Kier alpha value is -4.64. The van der Waals surface area contributed by atoms with Crippen LogP contribution in [-0.2, 0) is 40.2 Å². The van der Waals surface area contributed by atoms with Crippen molar-refractivity contribution in [3.8, 4) is 0 Å². The minimum absolute atomic E-state index is 0.0688. The van der Waals surface area contributed by atoms with E-state index in [0.717, 1.165) is 11.3 Å². The van der Waals surface area contributed by atoms with E-state index in [1.165, 1.54) is 43.5 Å². The number of nitro groups is 1. The fraction of sp³-hybridized carbons (Fsp3) is 0.318. The Labute approximate surface area is 234 Å². The molecule has 0 saturated carbocycles. The quantitative estimate of drug-likeness (QED) is 0.0636. The zero-order chi connectivity index (χ0) is 29.6. The number of primary amides is 1. The van der Waals surface area contributed by atoms with Gasteiger partial charge in [-0.1, -0.05) is 5.16 Å². The van der Waals surface area contributed by atoms with Crippen molar-refractivity contribution in [3.63, 3.8) is 0 Å². The van der Waals surface area contributed by atoms with Crippen molar-refractivity contribution in [2.24, 2.45) is 10.9 Å². The number of benzene rings is 1. The Morgan fingerprint density at radius 3 is 2.52 bits per heavy atom. The molecule has 1 aliphatic heterocycles. The third-order valence-electron chi connectivity index (χ3n) is 5.21. The number of hydrogen-bond donors (Lipinski definition) is 4. The first-order chi connectivity index (χ1) is 18.8. The lowest BCUT2D eigenvalue weighted by atomic mass is 9.98. The summed E-state index contributed by atoms with van der Waals surface area (Å²) in [4.78, 5) is 80.3. The Kier molecular flexibility index (Phi) is 9.33. The number of carbonyl (C=O) groups excluding carboxylic acids is 5. The van der Waals surface area contributed by atoms with Gasteiger partial charge in [0.15, 0.2) is 10.8 Å². The zero-order valence-corrected chi connectivity index (χ0v) is 22.4. The van der Waals surface area contributed by atoms with Gasteiger partial charge in [-0.2, -0.15) is 0 Å². The number of nitro benzene ring substituents is 1. The Morgan fingerprint density at radius 1 is 1.27 bits per heavy atom. The number of halogens is 1. The molecular formula is C22H22ClN7O9S. The second kappa shape index (κ2) is 12.5. The number of nitrogens with zero attached hydrogens (tertiary/aromatic N) is 3. The van der Waals surface area contributed by atoms with E-state index in [9.17, 15) is 34.1 Å². The minimum Gasteiger partial charge on any atom is -0.458 e. The highest BCUT2D eigenvalue weighted by molar-refractivity contribution is 7.14. The van der Waals surface area contributed by atoms with Crippen LogP contribution in [0.3, 0.4) is 0 Å². The normalized spacial score (nSPS) is 16.7. The van der Waals surface area contributed by atoms with Crippen molar-refractivity contribution in [1.82, 2.24) is 15.6 Å². The van der Waals surface area contributed by atoms with Crippen LogP contribution in [0.25, 0.3) is 0 Å². The number of rotatable bonds is 12. The molecule has 1 fully saturated rings. The van der Waals surface area contributed by atoms with E-state index in [2.05, 4.69) is 26.1 Å². The molecule has 5 N–H and O–H groups in total. The first-order valence-electron chi connectivity index (χ1n) is 11.2. The SMILES string of the molecule is CC(C)(ON=C(C(=O)N[C@H]1C(=O)N[C@H]1C(N)=O)c1csc(NC(=O)CCl)n1)C(=O)OCc1ccc([N+](=O)[O-])cc1. The first-order valence-corrected chi connectivity index (χ1v) is 12.6. The predicted octanol–water partition coefficient (Wildman–Crippen LogP) is -0.0602. The van der Waals surface area contributed by atoms with Crippen LogP contribution in [0, 0.1) is 10.1 Å². The van der Waals surface area contributed by atoms with Crippen molar-refractivity contribution in [3.05, 3.63) is 51.0 Å². The van der Waals surface area contributed by atoms with Crippen LogP contribution < -0.4 is 21.7 Å². The summed E-state index contributed by atoms with van der Waals surface area (Å²) in [6.45, 7) is 2.38. The molecule has 2 atom stereocenters. The average Bonchev–Trinajstić information content (AvgIpc) is 3.36. The Bertz CT molecular complexity index is 1380. The third-order valence-corrected chi connectivity index (χ3v) is 6.21. The summed E-state index contributed by atoms with van der Waals surface area (Å²) in [6, 6.07) is 2.89. The summed E-state index contributed by atoms with van der Waals surface area (Å²) in [5, 5.41) is 22.9. The molecule has 1 saturated heterocycles. The smallest absolute Gasteiger partial charge is 0.353 e. The maximum absolute atomic E-state index is 13.1. The molecule has 0 bridgehead atoms. The number of oxime groups is 1. The van der Waals surface area contributed by atoms with Crippen LogP contribution in [-0.4, -0.2) is 68.8 Å². The number of thiazole rings is 1. The second-order valence-electron chi connectivity index (χ2n) is 8.60. The van der Waals surface area contributed by atoms with Crippen LogP contribution >= 0.6 is 22.9 Å². The summed E-state index contributed by atoms with van der Waals surface area (Å²) in [5.74, 6) is -4.34. The Morgan fingerprint density at radius 2 is 1.95 bits per heavy atom. The van der Waals surface area contributed by atoms with E-state index in [-0.39, 0.29) is 29.0 Å². The number of nitrogens with one attached hydrogen (secondary N) is 3. The molecule has 3 rings (SSSR count). The first kappa shape index (κ1) is 29.9. The standard InChI is InChI=1S/C22H22ClN7O9S/c1-22(2,20(35)38-8-10-3-5-11(6-4-10)30(36)37)39-29-14(12-9-40-21(25-12)26-13(31)7-23)18(33)28-16-15(17(24)32)27-19(16)34/h3-6,9,15-16H,7-8H2,1-2H3,(H2,24,32)(H,27,34)(H,28,33)(H,25,26,31)/t15-,16-/m1/s1. The molecule has 16 nitrogen and oxygen atoms in total. The van der Waals surface area contributed by atoms with Gasteiger partial charge >= 0.3 is 5.97 Å². The van der Waals surface area contributed by atoms with Gasteiger partial charge in [0.25, 0.3) is 11.6 Å². The van der Waals surface area contributed by atoms with Gasteiger partial charge in [0.1, 0.15) is 30.3 Å². The van der Waals surface area contributed by atoms with E-state index < -0.39 is 57.9 Å². The summed E-state index contributed by atoms with van der Waals surface area (Å²) in [5.41, 5.74) is 3.20. The van der Waals surface area contributed by atoms with E-state index in [1.54, 1.807) is 0 Å². The number of nitrogens with two attached hydrogens (primary N) is 1. The lowest BCUT2D eigenvalue weighted by Gasteiger charge is -2.34. The highest BCUT2D eigenvalue weighted by atomic mass is 35.5. The van der Waals surface area contributed by atoms with Crippen LogP contribution in [0.5, 0.6) is 0 Å². The fourth-order valence-electron chi connectivity index (χ4n) is 3.01. The van der Waals surface area contributed by atoms with Gasteiger partial charge in [-0.3, -0.25) is 29.3 Å². The molecular weight excluding hydrogens is 574 g/mol. The third kappa shape index (κ3) is 7.26. The monoisotopic (exact) mass is 595 g/mol. The number of β-lactam (4-membered cyclic amide) rings is 1. The molecule has 212 valence electrons. The van der Waals surface area contributed by atoms with E-state index in [0.29, 0.717) is 5.56 Å². The van der Waals surface area contributed by atoms with Crippen molar-refractivity contribution < 1.29 is 38.5 Å².